The number of hydrogen-bond acceptors (Lipinski definition) is 4. The van der Waals surface area contributed by atoms with Crippen LogP contribution >= 0.6 is 0 Å². The lowest BCUT2D eigenvalue weighted by atomic mass is 10.3. The maximum absolute atomic E-state index is 11.1. The zero-order valence-electron chi connectivity index (χ0n) is 8.40. The van der Waals surface area contributed by atoms with Crippen molar-refractivity contribution < 1.29 is 4.79 Å². The van der Waals surface area contributed by atoms with Gasteiger partial charge >= 0.3 is 0 Å². The van der Waals surface area contributed by atoms with Crippen LogP contribution in [0.3, 0.4) is 0 Å². The van der Waals surface area contributed by atoms with Crippen molar-refractivity contribution in [2.75, 3.05) is 0 Å². The third-order valence-electron chi connectivity index (χ3n) is 1.87. The normalized spacial score (nSPS) is 12.5. The van der Waals surface area contributed by atoms with Crippen molar-refractivity contribution in [2.24, 2.45) is 5.73 Å². The highest BCUT2D eigenvalue weighted by Gasteiger charge is 2.08. The molecule has 3 N–H and O–H groups in total. The topological polar surface area (TPSA) is 85.8 Å². The molecule has 0 aromatic carbocycles. The van der Waals surface area contributed by atoms with Gasteiger partial charge in [0.25, 0.3) is 0 Å². The third kappa shape index (κ3) is 2.53. The number of aryl methyl sites for hydroxylation is 1. The summed E-state index contributed by atoms with van der Waals surface area (Å²) < 4.78 is 1.86. The molecule has 0 aliphatic rings. The van der Waals surface area contributed by atoms with Crippen molar-refractivity contribution in [3.05, 3.63) is 12.2 Å². The van der Waals surface area contributed by atoms with Crippen LogP contribution in [0.1, 0.15) is 19.7 Å². The van der Waals surface area contributed by atoms with Crippen LogP contribution in [-0.2, 0) is 17.9 Å². The minimum Gasteiger partial charge on any atom is -0.347 e. The van der Waals surface area contributed by atoms with Gasteiger partial charge in [-0.2, -0.15) is 0 Å². The van der Waals surface area contributed by atoms with Gasteiger partial charge in [0.05, 0.1) is 12.6 Å². The molecular formula is C8H15N5O. The molecule has 6 heteroatoms. The van der Waals surface area contributed by atoms with Gasteiger partial charge in [0.2, 0.25) is 5.91 Å². The summed E-state index contributed by atoms with van der Waals surface area (Å²) in [6.07, 6.45) is 1.63. The molecule has 0 fully saturated rings. The minimum absolute atomic E-state index is 0.185. The Hall–Kier alpha value is -1.43. The van der Waals surface area contributed by atoms with E-state index in [0.29, 0.717) is 6.54 Å². The fourth-order valence-electron chi connectivity index (χ4n) is 1.01. The molecule has 1 aromatic heterocycles. The van der Waals surface area contributed by atoms with E-state index in [9.17, 15) is 4.79 Å². The zero-order valence-corrected chi connectivity index (χ0v) is 8.40. The van der Waals surface area contributed by atoms with E-state index in [4.69, 9.17) is 5.73 Å². The molecular weight excluding hydrogens is 182 g/mol. The zero-order chi connectivity index (χ0) is 10.6. The summed E-state index contributed by atoms with van der Waals surface area (Å²) in [4.78, 5) is 11.1. The van der Waals surface area contributed by atoms with Crippen molar-refractivity contribution >= 4 is 5.91 Å². The first-order valence-electron chi connectivity index (χ1n) is 4.55. The number of nitrogens with zero attached hydrogens (tertiary/aromatic N) is 3. The summed E-state index contributed by atoms with van der Waals surface area (Å²) in [7, 11) is 0. The van der Waals surface area contributed by atoms with E-state index < -0.39 is 6.04 Å². The standard InChI is InChI=1S/C8H15N5O/c1-3-13-5-11-12-7(13)4-10-8(14)6(2)9/h5-6H,3-4,9H2,1-2H3,(H,10,14)/t6-/m0/s1. The molecule has 1 amide bonds. The van der Waals surface area contributed by atoms with Gasteiger partial charge in [-0.3, -0.25) is 4.79 Å². The van der Waals surface area contributed by atoms with Crippen molar-refractivity contribution in [3.8, 4) is 0 Å². The maximum Gasteiger partial charge on any atom is 0.237 e. The molecule has 0 aliphatic heterocycles. The molecule has 1 heterocycles. The minimum atomic E-state index is -0.493. The fraction of sp³-hybridized carbons (Fsp3) is 0.625. The summed E-state index contributed by atoms with van der Waals surface area (Å²) in [6.45, 7) is 4.78. The van der Waals surface area contributed by atoms with Crippen LogP contribution in [-0.4, -0.2) is 26.7 Å². The first kappa shape index (κ1) is 10.6. The number of aromatic nitrogens is 3. The summed E-state index contributed by atoms with van der Waals surface area (Å²) in [6, 6.07) is -0.493. The Morgan fingerprint density at radius 3 is 3.07 bits per heavy atom. The van der Waals surface area contributed by atoms with E-state index >= 15 is 0 Å². The molecule has 0 aliphatic carbocycles. The van der Waals surface area contributed by atoms with Gasteiger partial charge in [0, 0.05) is 6.54 Å². The van der Waals surface area contributed by atoms with Crippen LogP contribution in [0.15, 0.2) is 6.33 Å². The van der Waals surface area contributed by atoms with E-state index in [0.717, 1.165) is 12.4 Å². The predicted molar refractivity (Wildman–Crippen MR) is 51.2 cm³/mol. The average molecular weight is 197 g/mol. The Balaban J connectivity index is 2.49. The highest BCUT2D eigenvalue weighted by Crippen LogP contribution is 1.93. The van der Waals surface area contributed by atoms with E-state index in [-0.39, 0.29) is 5.91 Å². The highest BCUT2D eigenvalue weighted by atomic mass is 16.2. The van der Waals surface area contributed by atoms with Crippen molar-refractivity contribution in [1.29, 1.82) is 0 Å². The van der Waals surface area contributed by atoms with Crippen LogP contribution in [0.25, 0.3) is 0 Å². The molecule has 1 atom stereocenters. The number of nitrogens with one attached hydrogen (secondary N) is 1. The van der Waals surface area contributed by atoms with Gasteiger partial charge < -0.3 is 15.6 Å². The lowest BCUT2D eigenvalue weighted by molar-refractivity contribution is -0.122. The van der Waals surface area contributed by atoms with E-state index in [1.54, 1.807) is 13.3 Å². The van der Waals surface area contributed by atoms with Gasteiger partial charge in [-0.25, -0.2) is 0 Å². The first-order valence-corrected chi connectivity index (χ1v) is 4.55. The quantitative estimate of drug-likeness (QED) is 0.665. The van der Waals surface area contributed by atoms with E-state index in [1.807, 2.05) is 11.5 Å². The van der Waals surface area contributed by atoms with Crippen molar-refractivity contribution in [2.45, 2.75) is 33.0 Å². The number of amides is 1. The Morgan fingerprint density at radius 2 is 2.50 bits per heavy atom. The van der Waals surface area contributed by atoms with Crippen molar-refractivity contribution in [1.82, 2.24) is 20.1 Å². The number of rotatable bonds is 4. The van der Waals surface area contributed by atoms with Crippen LogP contribution in [0.2, 0.25) is 0 Å². The molecule has 0 bridgehead atoms. The second-order valence-electron chi connectivity index (χ2n) is 3.04. The van der Waals surface area contributed by atoms with Crippen LogP contribution < -0.4 is 11.1 Å². The number of nitrogens with two attached hydrogens (primary N) is 1. The van der Waals surface area contributed by atoms with E-state index in [1.165, 1.54) is 0 Å². The Labute approximate surface area is 82.5 Å². The monoisotopic (exact) mass is 197 g/mol. The number of carbonyl (C=O) groups is 1. The molecule has 0 unspecified atom stereocenters. The van der Waals surface area contributed by atoms with E-state index in [2.05, 4.69) is 15.5 Å². The summed E-state index contributed by atoms with van der Waals surface area (Å²) >= 11 is 0. The smallest absolute Gasteiger partial charge is 0.237 e. The third-order valence-corrected chi connectivity index (χ3v) is 1.87. The fourth-order valence-corrected chi connectivity index (χ4v) is 1.01. The Morgan fingerprint density at radius 1 is 1.79 bits per heavy atom. The molecule has 6 nitrogen and oxygen atoms in total. The first-order chi connectivity index (χ1) is 6.65. The summed E-state index contributed by atoms with van der Waals surface area (Å²) in [5, 5.41) is 10.3. The predicted octanol–water partition coefficient (Wildman–Crippen LogP) is -0.739. The summed E-state index contributed by atoms with van der Waals surface area (Å²) in [5.41, 5.74) is 5.39. The largest absolute Gasteiger partial charge is 0.347 e. The second-order valence-corrected chi connectivity index (χ2v) is 3.04. The molecule has 1 aromatic rings. The lowest BCUT2D eigenvalue weighted by Gasteiger charge is -2.07. The highest BCUT2D eigenvalue weighted by molar-refractivity contribution is 5.80. The number of hydrogen-bond donors (Lipinski definition) is 2. The van der Waals surface area contributed by atoms with Crippen LogP contribution in [0.5, 0.6) is 0 Å². The van der Waals surface area contributed by atoms with Gasteiger partial charge in [-0.15, -0.1) is 10.2 Å². The van der Waals surface area contributed by atoms with Gasteiger partial charge in [0.15, 0.2) is 5.82 Å². The SMILES string of the molecule is CCn1cnnc1CNC(=O)[C@H](C)N. The van der Waals surface area contributed by atoms with Gasteiger partial charge in [-0.05, 0) is 13.8 Å². The molecule has 0 spiro atoms. The maximum atomic E-state index is 11.1. The molecule has 0 radical (unpaired) electrons. The Bertz CT molecular complexity index is 306. The number of carbonyl (C=O) groups excluding carboxylic acids is 1. The van der Waals surface area contributed by atoms with Crippen LogP contribution in [0.4, 0.5) is 0 Å². The summed E-state index contributed by atoms with van der Waals surface area (Å²) in [5.74, 6) is 0.553. The lowest BCUT2D eigenvalue weighted by Crippen LogP contribution is -2.38. The Kier molecular flexibility index (Phi) is 3.58. The van der Waals surface area contributed by atoms with Gasteiger partial charge in [0.1, 0.15) is 6.33 Å². The van der Waals surface area contributed by atoms with Crippen molar-refractivity contribution in [3.63, 3.8) is 0 Å². The second kappa shape index (κ2) is 4.71. The average Bonchev–Trinajstić information content (AvgIpc) is 2.60. The molecule has 0 saturated carbocycles. The van der Waals surface area contributed by atoms with Crippen LogP contribution in [0, 0.1) is 0 Å². The molecule has 1 rings (SSSR count). The molecule has 0 saturated heterocycles. The molecule has 14 heavy (non-hydrogen) atoms. The molecule has 78 valence electrons. The van der Waals surface area contributed by atoms with Gasteiger partial charge in [-0.1, -0.05) is 0 Å².